The van der Waals surface area contributed by atoms with Crippen molar-refractivity contribution in [1.82, 2.24) is 5.32 Å². The van der Waals surface area contributed by atoms with Crippen molar-refractivity contribution in [3.8, 4) is 0 Å². The molecule has 1 heterocycles. The average molecular weight is 195 g/mol. The highest BCUT2D eigenvalue weighted by Gasteiger charge is 2.26. The van der Waals surface area contributed by atoms with E-state index in [2.05, 4.69) is 12.2 Å². The molecule has 1 fully saturated rings. The van der Waals surface area contributed by atoms with E-state index >= 15 is 0 Å². The van der Waals surface area contributed by atoms with Gasteiger partial charge in [-0.2, -0.15) is 11.3 Å². The Bertz CT molecular complexity index is 288. The molecule has 2 rings (SSSR count). The van der Waals surface area contributed by atoms with E-state index in [0.29, 0.717) is 6.04 Å². The van der Waals surface area contributed by atoms with Crippen LogP contribution in [0.3, 0.4) is 0 Å². The lowest BCUT2D eigenvalue weighted by molar-refractivity contribution is 0.0896. The molecule has 0 aliphatic heterocycles. The zero-order valence-electron chi connectivity index (χ0n) is 7.62. The Kier molecular flexibility index (Phi) is 2.36. The topological polar surface area (TPSA) is 29.1 Å². The van der Waals surface area contributed by atoms with Crippen LogP contribution in [0.25, 0.3) is 0 Å². The number of carbonyl (C=O) groups is 1. The molecule has 3 heteroatoms. The maximum atomic E-state index is 11.5. The predicted octanol–water partition coefficient (Wildman–Crippen LogP) is 2.28. The van der Waals surface area contributed by atoms with Crippen molar-refractivity contribution in [2.24, 2.45) is 5.92 Å². The van der Waals surface area contributed by atoms with E-state index in [1.165, 1.54) is 0 Å². The van der Waals surface area contributed by atoms with Gasteiger partial charge in [-0.1, -0.05) is 6.92 Å². The third kappa shape index (κ3) is 1.91. The molecule has 0 radical (unpaired) electrons. The van der Waals surface area contributed by atoms with Gasteiger partial charge in [0.05, 0.1) is 0 Å². The predicted molar refractivity (Wildman–Crippen MR) is 54.0 cm³/mol. The number of thiophene rings is 1. The molecule has 2 nitrogen and oxygen atoms in total. The first-order valence-electron chi connectivity index (χ1n) is 4.59. The van der Waals surface area contributed by atoms with Gasteiger partial charge < -0.3 is 5.32 Å². The fourth-order valence-corrected chi connectivity index (χ4v) is 2.32. The van der Waals surface area contributed by atoms with Crippen LogP contribution in [0.4, 0.5) is 0 Å². The summed E-state index contributed by atoms with van der Waals surface area (Å²) in [5, 5.41) is 6.83. The first kappa shape index (κ1) is 8.75. The van der Waals surface area contributed by atoms with Crippen LogP contribution >= 0.6 is 11.3 Å². The molecule has 0 unspecified atom stereocenters. The highest BCUT2D eigenvalue weighted by atomic mass is 32.1. The maximum Gasteiger partial charge on any atom is 0.252 e. The summed E-state index contributed by atoms with van der Waals surface area (Å²) in [6.07, 6.45) is 2.27. The molecule has 1 N–H and O–H groups in total. The van der Waals surface area contributed by atoms with E-state index in [4.69, 9.17) is 0 Å². The molecule has 1 amide bonds. The molecule has 1 aliphatic carbocycles. The zero-order valence-corrected chi connectivity index (χ0v) is 8.43. The molecule has 0 aromatic carbocycles. The van der Waals surface area contributed by atoms with Gasteiger partial charge in [0.1, 0.15) is 0 Å². The van der Waals surface area contributed by atoms with E-state index < -0.39 is 0 Å². The van der Waals surface area contributed by atoms with Crippen molar-refractivity contribution >= 4 is 17.2 Å². The summed E-state index contributed by atoms with van der Waals surface area (Å²) in [5.74, 6) is 0.867. The molecule has 0 bridgehead atoms. The molecule has 0 spiro atoms. The fraction of sp³-hybridized carbons (Fsp3) is 0.500. The zero-order chi connectivity index (χ0) is 9.26. The smallest absolute Gasteiger partial charge is 0.252 e. The minimum absolute atomic E-state index is 0.0816. The molecule has 1 aromatic heterocycles. The quantitative estimate of drug-likeness (QED) is 0.770. The van der Waals surface area contributed by atoms with Crippen molar-refractivity contribution in [1.29, 1.82) is 0 Å². The molecular weight excluding hydrogens is 182 g/mol. The minimum Gasteiger partial charge on any atom is -0.349 e. The summed E-state index contributed by atoms with van der Waals surface area (Å²) in [7, 11) is 0. The maximum absolute atomic E-state index is 11.5. The largest absolute Gasteiger partial charge is 0.349 e. The Hall–Kier alpha value is -0.830. The number of amides is 1. The summed E-state index contributed by atoms with van der Waals surface area (Å²) in [5.41, 5.74) is 0.796. The molecular formula is C10H13NOS. The molecule has 1 aliphatic rings. The van der Waals surface area contributed by atoms with Crippen LogP contribution in [0, 0.1) is 5.92 Å². The highest BCUT2D eigenvalue weighted by Crippen LogP contribution is 2.26. The summed E-state index contributed by atoms with van der Waals surface area (Å²) >= 11 is 1.56. The normalized spacial score (nSPS) is 26.5. The third-order valence-corrected chi connectivity index (χ3v) is 3.18. The van der Waals surface area contributed by atoms with Gasteiger partial charge in [0.15, 0.2) is 0 Å². The summed E-state index contributed by atoms with van der Waals surface area (Å²) in [6.45, 7) is 2.22. The Morgan fingerprint density at radius 3 is 2.92 bits per heavy atom. The summed E-state index contributed by atoms with van der Waals surface area (Å²) in [4.78, 5) is 11.5. The number of hydrogen-bond donors (Lipinski definition) is 1. The van der Waals surface area contributed by atoms with Crippen molar-refractivity contribution < 1.29 is 4.79 Å². The molecule has 0 atom stereocenters. The second-order valence-electron chi connectivity index (χ2n) is 3.76. The lowest BCUT2D eigenvalue weighted by Gasteiger charge is -2.33. The Morgan fingerprint density at radius 2 is 2.38 bits per heavy atom. The monoisotopic (exact) mass is 195 g/mol. The van der Waals surface area contributed by atoms with E-state index in [0.717, 1.165) is 24.3 Å². The second-order valence-corrected chi connectivity index (χ2v) is 4.54. The first-order chi connectivity index (χ1) is 6.25. The number of hydrogen-bond acceptors (Lipinski definition) is 2. The van der Waals surface area contributed by atoms with Gasteiger partial charge in [0, 0.05) is 17.0 Å². The van der Waals surface area contributed by atoms with Gasteiger partial charge in [0.2, 0.25) is 0 Å². The fourth-order valence-electron chi connectivity index (χ4n) is 1.68. The molecule has 1 saturated carbocycles. The van der Waals surface area contributed by atoms with Gasteiger partial charge in [-0.05, 0) is 30.2 Å². The number of rotatable bonds is 2. The second kappa shape index (κ2) is 3.50. The SMILES string of the molecule is CC1CC(NC(=O)c2ccsc2)C1. The standard InChI is InChI=1S/C10H13NOS/c1-7-4-9(5-7)11-10(12)8-2-3-13-6-8/h2-3,6-7,9H,4-5H2,1H3,(H,11,12). The molecule has 13 heavy (non-hydrogen) atoms. The molecule has 1 aromatic rings. The number of nitrogens with one attached hydrogen (secondary N) is 1. The van der Waals surface area contributed by atoms with Crippen molar-refractivity contribution in [2.45, 2.75) is 25.8 Å². The van der Waals surface area contributed by atoms with Gasteiger partial charge in [-0.25, -0.2) is 0 Å². The number of carbonyl (C=O) groups excluding carboxylic acids is 1. The van der Waals surface area contributed by atoms with E-state index in [-0.39, 0.29) is 5.91 Å². The van der Waals surface area contributed by atoms with Crippen LogP contribution in [0.5, 0.6) is 0 Å². The highest BCUT2D eigenvalue weighted by molar-refractivity contribution is 7.08. The minimum atomic E-state index is 0.0816. The lowest BCUT2D eigenvalue weighted by Crippen LogP contribution is -2.43. The molecule has 70 valence electrons. The van der Waals surface area contributed by atoms with Crippen LogP contribution in [0.2, 0.25) is 0 Å². The van der Waals surface area contributed by atoms with Crippen LogP contribution < -0.4 is 5.32 Å². The molecule has 0 saturated heterocycles. The van der Waals surface area contributed by atoms with Gasteiger partial charge >= 0.3 is 0 Å². The van der Waals surface area contributed by atoms with Crippen molar-refractivity contribution in [3.05, 3.63) is 22.4 Å². The van der Waals surface area contributed by atoms with Gasteiger partial charge in [-0.15, -0.1) is 0 Å². The van der Waals surface area contributed by atoms with E-state index in [1.807, 2.05) is 16.8 Å². The first-order valence-corrected chi connectivity index (χ1v) is 5.53. The van der Waals surface area contributed by atoms with Crippen LogP contribution in [-0.4, -0.2) is 11.9 Å². The van der Waals surface area contributed by atoms with Gasteiger partial charge in [-0.3, -0.25) is 4.79 Å². The van der Waals surface area contributed by atoms with Crippen LogP contribution in [-0.2, 0) is 0 Å². The summed E-state index contributed by atoms with van der Waals surface area (Å²) < 4.78 is 0. The Morgan fingerprint density at radius 1 is 1.62 bits per heavy atom. The Balaban J connectivity index is 1.86. The van der Waals surface area contributed by atoms with Crippen molar-refractivity contribution in [2.75, 3.05) is 0 Å². The lowest BCUT2D eigenvalue weighted by atomic mass is 9.82. The average Bonchev–Trinajstić information content (AvgIpc) is 2.53. The van der Waals surface area contributed by atoms with Crippen molar-refractivity contribution in [3.63, 3.8) is 0 Å². The van der Waals surface area contributed by atoms with Crippen LogP contribution in [0.1, 0.15) is 30.1 Å². The van der Waals surface area contributed by atoms with E-state index in [9.17, 15) is 4.79 Å². The van der Waals surface area contributed by atoms with E-state index in [1.54, 1.807) is 11.3 Å². The Labute approximate surface area is 82.0 Å². The van der Waals surface area contributed by atoms with Gasteiger partial charge in [0.25, 0.3) is 5.91 Å². The van der Waals surface area contributed by atoms with Crippen LogP contribution in [0.15, 0.2) is 16.8 Å². The third-order valence-electron chi connectivity index (χ3n) is 2.49. The summed E-state index contributed by atoms with van der Waals surface area (Å²) in [6, 6.07) is 2.28.